The largest absolute Gasteiger partial charge is 0.462 e. The Morgan fingerprint density at radius 2 is 1.92 bits per heavy atom. The van der Waals surface area contributed by atoms with Crippen molar-refractivity contribution in [3.05, 3.63) is 50.4 Å². The first-order valence-electron chi connectivity index (χ1n) is 7.08. The van der Waals surface area contributed by atoms with E-state index in [1.165, 1.54) is 13.2 Å². The average molecular weight is 387 g/mol. The normalized spacial score (nSPS) is 11.4. The quantitative estimate of drug-likeness (QED) is 0.609. The van der Waals surface area contributed by atoms with Crippen molar-refractivity contribution in [3.63, 3.8) is 0 Å². The topological polar surface area (TPSA) is 115 Å². The molecule has 0 spiro atoms. The number of aromatic amines is 1. The van der Waals surface area contributed by atoms with Crippen LogP contribution in [0.5, 0.6) is 0 Å². The zero-order chi connectivity index (χ0) is 18.9. The smallest absolute Gasteiger partial charge is 0.341 e. The molecule has 0 aliphatic carbocycles. The molecular formula is C15H15ClN2O6S. The van der Waals surface area contributed by atoms with Gasteiger partial charge in [0, 0.05) is 25.1 Å². The van der Waals surface area contributed by atoms with E-state index in [0.29, 0.717) is 0 Å². The number of esters is 1. The second kappa shape index (κ2) is 6.85. The second-order valence-corrected chi connectivity index (χ2v) is 7.54. The van der Waals surface area contributed by atoms with Gasteiger partial charge in [-0.15, -0.1) is 0 Å². The third-order valence-electron chi connectivity index (χ3n) is 3.41. The molecule has 25 heavy (non-hydrogen) atoms. The molecule has 1 N–H and O–H groups in total. The van der Waals surface area contributed by atoms with Crippen LogP contribution in [0.4, 0.5) is 0 Å². The lowest BCUT2D eigenvalue weighted by molar-refractivity contribution is 0.0522. The van der Waals surface area contributed by atoms with E-state index in [2.05, 4.69) is 5.10 Å². The van der Waals surface area contributed by atoms with Crippen molar-refractivity contribution < 1.29 is 22.7 Å². The summed E-state index contributed by atoms with van der Waals surface area (Å²) in [6.45, 7) is 1.54. The fourth-order valence-corrected chi connectivity index (χ4v) is 3.46. The van der Waals surface area contributed by atoms with Crippen LogP contribution >= 0.6 is 11.6 Å². The molecule has 0 fully saturated rings. The van der Waals surface area contributed by atoms with Crippen molar-refractivity contribution in [2.24, 2.45) is 7.05 Å². The molecule has 0 amide bonds. The van der Waals surface area contributed by atoms with Crippen molar-refractivity contribution in [2.75, 3.05) is 12.9 Å². The number of ketones is 1. The Morgan fingerprint density at radius 3 is 2.40 bits per heavy atom. The number of hydrogen-bond donors (Lipinski definition) is 1. The predicted octanol–water partition coefficient (Wildman–Crippen LogP) is 1.18. The van der Waals surface area contributed by atoms with Crippen LogP contribution < -0.4 is 5.56 Å². The number of aryl methyl sites for hydroxylation is 1. The fourth-order valence-electron chi connectivity index (χ4n) is 2.21. The number of ether oxygens (including phenoxy) is 1. The molecule has 0 bridgehead atoms. The van der Waals surface area contributed by atoms with Crippen LogP contribution in [0.3, 0.4) is 0 Å². The average Bonchev–Trinajstić information content (AvgIpc) is 2.85. The molecule has 134 valence electrons. The molecule has 2 rings (SSSR count). The van der Waals surface area contributed by atoms with E-state index >= 15 is 0 Å². The van der Waals surface area contributed by atoms with Gasteiger partial charge in [0.05, 0.1) is 22.1 Å². The minimum absolute atomic E-state index is 0.00507. The maximum absolute atomic E-state index is 12.6. The maximum Gasteiger partial charge on any atom is 0.341 e. The van der Waals surface area contributed by atoms with Gasteiger partial charge in [0.15, 0.2) is 9.84 Å². The Hall–Kier alpha value is -2.39. The molecule has 0 radical (unpaired) electrons. The molecule has 0 saturated carbocycles. The first-order chi connectivity index (χ1) is 11.6. The summed E-state index contributed by atoms with van der Waals surface area (Å²) in [6.07, 6.45) is 2.11. The van der Waals surface area contributed by atoms with Crippen LogP contribution in [0.1, 0.15) is 33.2 Å². The standard InChI is InChI=1S/C15H15ClN2O6S/c1-4-24-15(21)11-10(25(3,22)23)6-5-8(12(11)16)13(19)9-7-17-18(2)14(9)20/h5-7,17H,4H2,1-3H3. The van der Waals surface area contributed by atoms with Gasteiger partial charge in [-0.1, -0.05) is 11.6 Å². The number of sulfone groups is 1. The lowest BCUT2D eigenvalue weighted by Gasteiger charge is -2.12. The third-order valence-corrected chi connectivity index (χ3v) is 4.94. The monoisotopic (exact) mass is 386 g/mol. The van der Waals surface area contributed by atoms with Gasteiger partial charge in [-0.2, -0.15) is 0 Å². The summed E-state index contributed by atoms with van der Waals surface area (Å²) in [6, 6.07) is 2.26. The molecule has 0 saturated heterocycles. The van der Waals surface area contributed by atoms with Gasteiger partial charge in [0.1, 0.15) is 5.56 Å². The van der Waals surface area contributed by atoms with Crippen LogP contribution in [-0.2, 0) is 21.6 Å². The second-order valence-electron chi connectivity index (χ2n) is 5.17. The van der Waals surface area contributed by atoms with Gasteiger partial charge in [-0.3, -0.25) is 14.3 Å². The number of H-pyrrole nitrogens is 1. The lowest BCUT2D eigenvalue weighted by Crippen LogP contribution is -2.20. The van der Waals surface area contributed by atoms with Crippen molar-refractivity contribution in [1.82, 2.24) is 9.78 Å². The van der Waals surface area contributed by atoms with Crippen LogP contribution in [0, 0.1) is 0 Å². The number of rotatable bonds is 5. The number of halogens is 1. The van der Waals surface area contributed by atoms with Crippen molar-refractivity contribution in [3.8, 4) is 0 Å². The molecule has 8 nitrogen and oxygen atoms in total. The summed E-state index contributed by atoms with van der Waals surface area (Å²) in [4.78, 5) is 36.3. The number of carbonyl (C=O) groups is 2. The van der Waals surface area contributed by atoms with E-state index in [1.807, 2.05) is 0 Å². The summed E-state index contributed by atoms with van der Waals surface area (Å²) in [7, 11) is -2.37. The van der Waals surface area contributed by atoms with E-state index in [1.54, 1.807) is 6.92 Å². The molecule has 0 aliphatic rings. The van der Waals surface area contributed by atoms with E-state index in [9.17, 15) is 22.8 Å². The minimum atomic E-state index is -3.80. The first-order valence-corrected chi connectivity index (χ1v) is 9.35. The minimum Gasteiger partial charge on any atom is -0.462 e. The van der Waals surface area contributed by atoms with Gasteiger partial charge >= 0.3 is 5.97 Å². The highest BCUT2D eigenvalue weighted by atomic mass is 35.5. The molecule has 1 aromatic carbocycles. The number of nitrogens with zero attached hydrogens (tertiary/aromatic N) is 1. The van der Waals surface area contributed by atoms with Crippen LogP contribution in [-0.4, -0.2) is 42.8 Å². The van der Waals surface area contributed by atoms with Crippen molar-refractivity contribution in [2.45, 2.75) is 11.8 Å². The summed E-state index contributed by atoms with van der Waals surface area (Å²) in [5.41, 5.74) is -1.37. The summed E-state index contributed by atoms with van der Waals surface area (Å²) in [5.74, 6) is -1.71. The van der Waals surface area contributed by atoms with E-state index in [4.69, 9.17) is 16.3 Å². The molecule has 0 aliphatic heterocycles. The van der Waals surface area contributed by atoms with Crippen LogP contribution in [0.15, 0.2) is 28.0 Å². The van der Waals surface area contributed by atoms with Crippen molar-refractivity contribution in [1.29, 1.82) is 0 Å². The highest BCUT2D eigenvalue weighted by molar-refractivity contribution is 7.90. The van der Waals surface area contributed by atoms with Gasteiger partial charge < -0.3 is 9.84 Å². The van der Waals surface area contributed by atoms with Crippen molar-refractivity contribution >= 4 is 33.2 Å². The summed E-state index contributed by atoms with van der Waals surface area (Å²) < 4.78 is 29.8. The number of aromatic nitrogens is 2. The molecule has 1 heterocycles. The molecule has 0 unspecified atom stereocenters. The van der Waals surface area contributed by atoms with E-state index in [0.717, 1.165) is 23.1 Å². The Balaban J connectivity index is 2.72. The lowest BCUT2D eigenvalue weighted by atomic mass is 10.0. The Bertz CT molecular complexity index is 1020. The van der Waals surface area contributed by atoms with Gasteiger partial charge in [0.2, 0.25) is 5.78 Å². The molecule has 1 aromatic heterocycles. The number of nitrogens with one attached hydrogen (secondary N) is 1. The van der Waals surface area contributed by atoms with Crippen LogP contribution in [0.25, 0.3) is 0 Å². The Morgan fingerprint density at radius 1 is 1.28 bits per heavy atom. The SMILES string of the molecule is CCOC(=O)c1c(S(C)(=O)=O)ccc(C(=O)c2c[nH]n(C)c2=O)c1Cl. The zero-order valence-electron chi connectivity index (χ0n) is 13.6. The first kappa shape index (κ1) is 18.9. The van der Waals surface area contributed by atoms with E-state index in [-0.39, 0.29) is 27.7 Å². The zero-order valence-corrected chi connectivity index (χ0v) is 15.2. The highest BCUT2D eigenvalue weighted by Crippen LogP contribution is 2.30. The van der Waals surface area contributed by atoms with Gasteiger partial charge in [0.25, 0.3) is 5.56 Å². The number of carbonyl (C=O) groups excluding carboxylic acids is 2. The van der Waals surface area contributed by atoms with Gasteiger partial charge in [-0.25, -0.2) is 13.2 Å². The highest BCUT2D eigenvalue weighted by Gasteiger charge is 2.28. The maximum atomic E-state index is 12.6. The Kier molecular flexibility index (Phi) is 5.19. The summed E-state index contributed by atoms with van der Waals surface area (Å²) in [5, 5.41) is 2.17. The fraction of sp³-hybridized carbons (Fsp3) is 0.267. The number of benzene rings is 1. The predicted molar refractivity (Wildman–Crippen MR) is 90.0 cm³/mol. The third kappa shape index (κ3) is 3.52. The molecule has 10 heteroatoms. The van der Waals surface area contributed by atoms with Crippen LogP contribution in [0.2, 0.25) is 5.02 Å². The number of hydrogen-bond acceptors (Lipinski definition) is 6. The molecular weight excluding hydrogens is 372 g/mol. The van der Waals surface area contributed by atoms with Gasteiger partial charge in [-0.05, 0) is 19.1 Å². The molecule has 0 atom stereocenters. The molecule has 2 aromatic rings. The summed E-state index contributed by atoms with van der Waals surface area (Å²) >= 11 is 6.15. The Labute approximate surface area is 148 Å². The van der Waals surface area contributed by atoms with E-state index < -0.39 is 32.7 Å².